The second-order valence-corrected chi connectivity index (χ2v) is 14.1. The lowest BCUT2D eigenvalue weighted by atomic mass is 9.68. The zero-order valence-electron chi connectivity index (χ0n) is 28.5. The molecule has 3 heteroatoms. The van der Waals surface area contributed by atoms with Crippen molar-refractivity contribution in [2.75, 3.05) is 0 Å². The normalized spacial score (nSPS) is 18.3. The average Bonchev–Trinajstić information content (AvgIpc) is 3.40. The van der Waals surface area contributed by atoms with Crippen molar-refractivity contribution in [2.24, 2.45) is 5.92 Å². The fourth-order valence-corrected chi connectivity index (χ4v) is 8.06. The molecule has 0 bridgehead atoms. The fraction of sp³-hybridized carbons (Fsp3) is 0.128. The van der Waals surface area contributed by atoms with Crippen LogP contribution in [0.25, 0.3) is 50.9 Å². The molecule has 0 amide bonds. The smallest absolute Gasteiger partial charge is 0.164 e. The number of nitrogens with zero attached hydrogens (tertiary/aromatic N) is 3. The summed E-state index contributed by atoms with van der Waals surface area (Å²) in [5.74, 6) is 2.51. The van der Waals surface area contributed by atoms with E-state index in [4.69, 9.17) is 15.0 Å². The van der Waals surface area contributed by atoms with E-state index >= 15 is 0 Å². The van der Waals surface area contributed by atoms with Crippen LogP contribution < -0.4 is 0 Å². The van der Waals surface area contributed by atoms with Gasteiger partial charge in [0.15, 0.2) is 17.5 Å². The Bertz CT molecular complexity index is 2430. The van der Waals surface area contributed by atoms with Gasteiger partial charge < -0.3 is 0 Å². The van der Waals surface area contributed by atoms with Crippen molar-refractivity contribution in [3.8, 4) is 45.3 Å². The molecular weight excluding hydrogens is 607 g/mol. The maximum Gasteiger partial charge on any atom is 0.164 e. The minimum Gasteiger partial charge on any atom is -0.208 e. The summed E-state index contributed by atoms with van der Waals surface area (Å²) < 4.78 is 0. The first-order chi connectivity index (χ1) is 24.4. The SMILES string of the molecule is Cc1cccc(-c2nc(-c3ccccc3)nc(-c3cccc(-c4cccc(C5C=C6C(=C7C=CC=CC75)c5ccccc5C6(C)C)c4)c3)n2)c1. The van der Waals surface area contributed by atoms with E-state index in [0.717, 1.165) is 22.3 Å². The molecule has 0 spiro atoms. The molecular formula is C47H37N3. The Balaban J connectivity index is 1.12. The Morgan fingerprint density at radius 1 is 0.540 bits per heavy atom. The van der Waals surface area contributed by atoms with Gasteiger partial charge in [0, 0.05) is 33.9 Å². The van der Waals surface area contributed by atoms with E-state index in [9.17, 15) is 0 Å². The molecule has 9 rings (SSSR count). The zero-order chi connectivity index (χ0) is 33.8. The molecule has 0 fully saturated rings. The van der Waals surface area contributed by atoms with Gasteiger partial charge in [0.25, 0.3) is 0 Å². The standard InChI is InChI=1S/C47H37N3/c1-30-14-11-20-35(26-30)45-48-44(31-15-5-4-6-16-31)49-46(50-45)36-21-13-18-33(28-36)32-17-12-19-34(27-32)40-29-42-43(38-23-8-7-22-37(38)40)39-24-9-10-25-41(39)47(42,2)3/h4-29,37,40H,1-3H3. The number of hydrogen-bond acceptors (Lipinski definition) is 3. The summed E-state index contributed by atoms with van der Waals surface area (Å²) in [7, 11) is 0. The van der Waals surface area contributed by atoms with Crippen LogP contribution in [0, 0.1) is 12.8 Å². The van der Waals surface area contributed by atoms with Crippen molar-refractivity contribution >= 4 is 5.57 Å². The van der Waals surface area contributed by atoms with Crippen molar-refractivity contribution in [3.63, 3.8) is 0 Å². The van der Waals surface area contributed by atoms with Gasteiger partial charge in [-0.25, -0.2) is 15.0 Å². The number of benzene rings is 5. The summed E-state index contributed by atoms with van der Waals surface area (Å²) in [6, 6.07) is 45.2. The molecule has 1 aromatic heterocycles. The molecule has 3 aliphatic carbocycles. The third-order valence-corrected chi connectivity index (χ3v) is 10.6. The minimum absolute atomic E-state index is 0.0521. The number of aromatic nitrogens is 3. The van der Waals surface area contributed by atoms with Gasteiger partial charge in [-0.2, -0.15) is 0 Å². The van der Waals surface area contributed by atoms with Gasteiger partial charge >= 0.3 is 0 Å². The van der Waals surface area contributed by atoms with Gasteiger partial charge in [0.1, 0.15) is 0 Å². The van der Waals surface area contributed by atoms with Gasteiger partial charge in [-0.15, -0.1) is 0 Å². The van der Waals surface area contributed by atoms with Gasteiger partial charge in [-0.3, -0.25) is 0 Å². The van der Waals surface area contributed by atoms with Crippen molar-refractivity contribution in [1.82, 2.24) is 15.0 Å². The van der Waals surface area contributed by atoms with Crippen LogP contribution in [-0.2, 0) is 5.41 Å². The first kappa shape index (κ1) is 30.2. The molecule has 0 aliphatic heterocycles. The van der Waals surface area contributed by atoms with Crippen LogP contribution in [0.2, 0.25) is 0 Å². The predicted octanol–water partition coefficient (Wildman–Crippen LogP) is 11.4. The summed E-state index contributed by atoms with van der Waals surface area (Å²) in [5, 5.41) is 0. The Labute approximate surface area is 294 Å². The van der Waals surface area contributed by atoms with Gasteiger partial charge in [0.2, 0.25) is 0 Å². The van der Waals surface area contributed by atoms with Crippen LogP contribution >= 0.6 is 0 Å². The number of hydrogen-bond donors (Lipinski definition) is 0. The Hall–Kier alpha value is -5.93. The average molecular weight is 644 g/mol. The Morgan fingerprint density at radius 3 is 1.94 bits per heavy atom. The highest BCUT2D eigenvalue weighted by atomic mass is 15.0. The lowest BCUT2D eigenvalue weighted by molar-refractivity contribution is 0.617. The zero-order valence-corrected chi connectivity index (χ0v) is 28.5. The number of allylic oxidation sites excluding steroid dienone is 8. The van der Waals surface area contributed by atoms with Crippen LogP contribution in [0.4, 0.5) is 0 Å². The van der Waals surface area contributed by atoms with Crippen molar-refractivity contribution in [2.45, 2.75) is 32.1 Å². The first-order valence-electron chi connectivity index (χ1n) is 17.4. The molecule has 1 heterocycles. The molecule has 240 valence electrons. The summed E-state index contributed by atoms with van der Waals surface area (Å²) in [6.07, 6.45) is 11.7. The van der Waals surface area contributed by atoms with E-state index in [1.54, 1.807) is 0 Å². The molecule has 0 N–H and O–H groups in total. The van der Waals surface area contributed by atoms with Crippen LogP contribution in [0.15, 0.2) is 169 Å². The summed E-state index contributed by atoms with van der Waals surface area (Å²) in [5.41, 5.74) is 14.7. The van der Waals surface area contributed by atoms with Gasteiger partial charge in [0.05, 0.1) is 0 Å². The number of rotatable bonds is 5. The van der Waals surface area contributed by atoms with E-state index in [2.05, 4.69) is 148 Å². The van der Waals surface area contributed by atoms with Crippen LogP contribution in [-0.4, -0.2) is 15.0 Å². The maximum atomic E-state index is 5.02. The monoisotopic (exact) mass is 643 g/mol. The third-order valence-electron chi connectivity index (χ3n) is 10.6. The molecule has 6 aromatic rings. The largest absolute Gasteiger partial charge is 0.208 e. The predicted molar refractivity (Wildman–Crippen MR) is 205 cm³/mol. The van der Waals surface area contributed by atoms with Crippen molar-refractivity contribution in [1.29, 1.82) is 0 Å². The maximum absolute atomic E-state index is 5.02. The second kappa shape index (κ2) is 11.9. The third kappa shape index (κ3) is 5.09. The fourth-order valence-electron chi connectivity index (χ4n) is 8.06. The number of aryl methyl sites for hydroxylation is 1. The molecule has 0 saturated carbocycles. The lowest BCUT2D eigenvalue weighted by Gasteiger charge is -2.35. The quantitative estimate of drug-likeness (QED) is 0.188. The molecule has 3 nitrogen and oxygen atoms in total. The van der Waals surface area contributed by atoms with Crippen LogP contribution in [0.5, 0.6) is 0 Å². The van der Waals surface area contributed by atoms with E-state index in [0.29, 0.717) is 17.5 Å². The highest BCUT2D eigenvalue weighted by Gasteiger charge is 2.44. The highest BCUT2D eigenvalue weighted by Crippen LogP contribution is 2.57. The minimum atomic E-state index is -0.0521. The Morgan fingerprint density at radius 2 is 1.16 bits per heavy atom. The first-order valence-corrected chi connectivity index (χ1v) is 17.4. The summed E-state index contributed by atoms with van der Waals surface area (Å²) in [6.45, 7) is 6.85. The summed E-state index contributed by atoms with van der Waals surface area (Å²) >= 11 is 0. The molecule has 2 atom stereocenters. The highest BCUT2D eigenvalue weighted by molar-refractivity contribution is 5.94. The van der Waals surface area contributed by atoms with Gasteiger partial charge in [-0.1, -0.05) is 165 Å². The van der Waals surface area contributed by atoms with Crippen LogP contribution in [0.1, 0.15) is 42.0 Å². The molecule has 5 aromatic carbocycles. The molecule has 0 radical (unpaired) electrons. The van der Waals surface area contributed by atoms with Crippen LogP contribution in [0.3, 0.4) is 0 Å². The lowest BCUT2D eigenvalue weighted by Crippen LogP contribution is -2.23. The van der Waals surface area contributed by atoms with E-state index in [1.165, 1.54) is 44.5 Å². The molecule has 2 unspecified atom stereocenters. The van der Waals surface area contributed by atoms with Crippen molar-refractivity contribution in [3.05, 3.63) is 191 Å². The van der Waals surface area contributed by atoms with Gasteiger partial charge in [-0.05, 0) is 63.6 Å². The molecule has 0 saturated heterocycles. The number of fused-ring (bicyclic) bond motifs is 4. The van der Waals surface area contributed by atoms with Crippen molar-refractivity contribution < 1.29 is 0 Å². The Kier molecular flexibility index (Phi) is 7.17. The summed E-state index contributed by atoms with van der Waals surface area (Å²) in [4.78, 5) is 15.0. The topological polar surface area (TPSA) is 38.7 Å². The molecule has 3 aliphatic rings. The second-order valence-electron chi connectivity index (χ2n) is 14.1. The van der Waals surface area contributed by atoms with E-state index in [1.807, 2.05) is 30.3 Å². The van der Waals surface area contributed by atoms with E-state index < -0.39 is 0 Å². The van der Waals surface area contributed by atoms with E-state index in [-0.39, 0.29) is 17.3 Å². The molecule has 50 heavy (non-hydrogen) atoms.